The Kier molecular flexibility index (Phi) is 5.91. The van der Waals surface area contributed by atoms with Gasteiger partial charge in [-0.2, -0.15) is 18.4 Å². The van der Waals surface area contributed by atoms with Crippen LogP contribution in [0, 0.1) is 25.2 Å². The molecule has 2 aromatic carbocycles. The summed E-state index contributed by atoms with van der Waals surface area (Å²) >= 11 is 1.38. The predicted octanol–water partition coefficient (Wildman–Crippen LogP) is 6.19. The number of rotatable bonds is 4. The number of nitriles is 1. The zero-order valence-corrected chi connectivity index (χ0v) is 18.6. The van der Waals surface area contributed by atoms with Gasteiger partial charge in [-0.3, -0.25) is 4.79 Å². The Morgan fingerprint density at radius 2 is 1.70 bits per heavy atom. The topological polar surface area (TPSA) is 58.7 Å². The number of aryl methyl sites for hydroxylation is 2. The molecule has 0 N–H and O–H groups in total. The standard InChI is InChI=1S/C25H18F3N3OS/c1-15-8-16(2)10-18(9-15)22-11-21(25(26,27)28)20(12-29)24(32)31(22)13-19-14-33-23(30-19)17-6-4-3-5-7-17/h3-11,14H,13H2,1-2H3. The Morgan fingerprint density at radius 1 is 1.03 bits per heavy atom. The number of hydrogen-bond donors (Lipinski definition) is 0. The van der Waals surface area contributed by atoms with E-state index in [2.05, 4.69) is 4.98 Å². The minimum atomic E-state index is -4.84. The Bertz CT molecular complexity index is 1410. The lowest BCUT2D eigenvalue weighted by Crippen LogP contribution is -2.28. The summed E-state index contributed by atoms with van der Waals surface area (Å²) < 4.78 is 42.3. The molecule has 33 heavy (non-hydrogen) atoms. The molecule has 4 rings (SSSR count). The second kappa shape index (κ2) is 8.68. The predicted molar refractivity (Wildman–Crippen MR) is 122 cm³/mol. The molecule has 0 aliphatic carbocycles. The van der Waals surface area contributed by atoms with Gasteiger partial charge in [0.05, 0.1) is 23.5 Å². The molecule has 8 heteroatoms. The third kappa shape index (κ3) is 4.59. The minimum Gasteiger partial charge on any atom is -0.301 e. The van der Waals surface area contributed by atoms with Crippen LogP contribution >= 0.6 is 11.3 Å². The van der Waals surface area contributed by atoms with Gasteiger partial charge in [-0.15, -0.1) is 11.3 Å². The van der Waals surface area contributed by atoms with E-state index < -0.39 is 22.9 Å². The lowest BCUT2D eigenvalue weighted by Gasteiger charge is -2.17. The van der Waals surface area contributed by atoms with Crippen LogP contribution in [-0.2, 0) is 12.7 Å². The Balaban J connectivity index is 1.91. The first-order valence-electron chi connectivity index (χ1n) is 10.0. The van der Waals surface area contributed by atoms with Crippen molar-refractivity contribution >= 4 is 11.3 Å². The molecule has 0 aliphatic heterocycles. The third-order valence-electron chi connectivity index (χ3n) is 5.13. The lowest BCUT2D eigenvalue weighted by atomic mass is 10.0. The van der Waals surface area contributed by atoms with Crippen molar-refractivity contribution in [2.24, 2.45) is 0 Å². The molecule has 0 radical (unpaired) electrons. The van der Waals surface area contributed by atoms with Crippen molar-refractivity contribution in [2.75, 3.05) is 0 Å². The second-order valence-corrected chi connectivity index (χ2v) is 8.56. The van der Waals surface area contributed by atoms with Gasteiger partial charge in [0.25, 0.3) is 5.56 Å². The smallest absolute Gasteiger partial charge is 0.301 e. The first-order valence-corrected chi connectivity index (χ1v) is 10.9. The number of nitrogens with zero attached hydrogens (tertiary/aromatic N) is 3. The quantitative estimate of drug-likeness (QED) is 0.361. The van der Waals surface area contributed by atoms with Crippen LogP contribution in [0.2, 0.25) is 0 Å². The molecule has 2 aromatic heterocycles. The number of benzene rings is 2. The lowest BCUT2D eigenvalue weighted by molar-refractivity contribution is -0.137. The van der Waals surface area contributed by atoms with Crippen LogP contribution in [0.15, 0.2) is 64.8 Å². The average Bonchev–Trinajstić information content (AvgIpc) is 3.22. The summed E-state index contributed by atoms with van der Waals surface area (Å²) in [6, 6.07) is 17.2. The molecule has 0 spiro atoms. The zero-order valence-electron chi connectivity index (χ0n) is 17.8. The molecule has 0 aliphatic rings. The Morgan fingerprint density at radius 3 is 2.30 bits per heavy atom. The molecule has 0 fully saturated rings. The molecule has 0 unspecified atom stereocenters. The van der Waals surface area contributed by atoms with E-state index in [1.165, 1.54) is 22.0 Å². The zero-order chi connectivity index (χ0) is 23.8. The van der Waals surface area contributed by atoms with E-state index in [-0.39, 0.29) is 12.2 Å². The van der Waals surface area contributed by atoms with Crippen LogP contribution in [0.25, 0.3) is 21.8 Å². The molecule has 2 heterocycles. The maximum absolute atomic E-state index is 13.7. The first-order chi connectivity index (χ1) is 15.7. The fourth-order valence-corrected chi connectivity index (χ4v) is 4.57. The van der Waals surface area contributed by atoms with Crippen LogP contribution in [0.4, 0.5) is 13.2 Å². The minimum absolute atomic E-state index is 0.0582. The molecule has 0 saturated heterocycles. The molecule has 166 valence electrons. The highest BCUT2D eigenvalue weighted by Gasteiger charge is 2.36. The van der Waals surface area contributed by atoms with Crippen LogP contribution in [0.3, 0.4) is 0 Å². The number of pyridine rings is 1. The van der Waals surface area contributed by atoms with E-state index in [4.69, 9.17) is 0 Å². The van der Waals surface area contributed by atoms with Crippen LogP contribution < -0.4 is 5.56 Å². The third-order valence-corrected chi connectivity index (χ3v) is 6.07. The van der Waals surface area contributed by atoms with E-state index in [0.717, 1.165) is 27.8 Å². The maximum Gasteiger partial charge on any atom is 0.417 e. The van der Waals surface area contributed by atoms with Gasteiger partial charge in [0, 0.05) is 10.9 Å². The number of aromatic nitrogens is 2. The fourth-order valence-electron chi connectivity index (χ4n) is 3.75. The monoisotopic (exact) mass is 465 g/mol. The summed E-state index contributed by atoms with van der Waals surface area (Å²) in [5.41, 5.74) is 0.541. The van der Waals surface area contributed by atoms with Crippen molar-refractivity contribution in [3.63, 3.8) is 0 Å². The van der Waals surface area contributed by atoms with Gasteiger partial charge in [0.15, 0.2) is 0 Å². The average molecular weight is 466 g/mol. The number of thiazole rings is 1. The van der Waals surface area contributed by atoms with Gasteiger partial charge in [-0.25, -0.2) is 4.98 Å². The van der Waals surface area contributed by atoms with Crippen molar-refractivity contribution in [1.82, 2.24) is 9.55 Å². The normalized spacial score (nSPS) is 11.4. The summed E-state index contributed by atoms with van der Waals surface area (Å²) in [5, 5.41) is 11.9. The highest BCUT2D eigenvalue weighted by molar-refractivity contribution is 7.13. The summed E-state index contributed by atoms with van der Waals surface area (Å²) in [5.74, 6) is 0. The van der Waals surface area contributed by atoms with Gasteiger partial charge >= 0.3 is 6.18 Å². The van der Waals surface area contributed by atoms with Crippen molar-refractivity contribution < 1.29 is 13.2 Å². The van der Waals surface area contributed by atoms with Gasteiger partial charge in [0.2, 0.25) is 0 Å². The van der Waals surface area contributed by atoms with Gasteiger partial charge in [0.1, 0.15) is 16.6 Å². The van der Waals surface area contributed by atoms with Crippen LogP contribution in [0.5, 0.6) is 0 Å². The second-order valence-electron chi connectivity index (χ2n) is 7.71. The molecule has 4 aromatic rings. The molecule has 0 atom stereocenters. The summed E-state index contributed by atoms with van der Waals surface area (Å²) in [6.45, 7) is 3.61. The van der Waals surface area contributed by atoms with Crippen molar-refractivity contribution in [2.45, 2.75) is 26.6 Å². The van der Waals surface area contributed by atoms with E-state index in [1.54, 1.807) is 17.5 Å². The highest BCUT2D eigenvalue weighted by atomic mass is 32.1. The summed E-state index contributed by atoms with van der Waals surface area (Å²) in [4.78, 5) is 17.7. The van der Waals surface area contributed by atoms with E-state index in [1.807, 2.05) is 50.2 Å². The van der Waals surface area contributed by atoms with Crippen molar-refractivity contribution in [3.8, 4) is 27.9 Å². The first kappa shape index (κ1) is 22.5. The number of halogens is 3. The largest absolute Gasteiger partial charge is 0.417 e. The number of alkyl halides is 3. The van der Waals surface area contributed by atoms with Crippen LogP contribution in [0.1, 0.15) is 27.9 Å². The molecule has 0 saturated carbocycles. The molecule has 0 bridgehead atoms. The van der Waals surface area contributed by atoms with Gasteiger partial charge in [-0.05, 0) is 37.6 Å². The summed E-state index contributed by atoms with van der Waals surface area (Å²) in [6.07, 6.45) is -4.84. The van der Waals surface area contributed by atoms with E-state index >= 15 is 0 Å². The molecular formula is C25H18F3N3OS. The van der Waals surface area contributed by atoms with E-state index in [0.29, 0.717) is 11.3 Å². The maximum atomic E-state index is 13.7. The van der Waals surface area contributed by atoms with E-state index in [9.17, 15) is 23.2 Å². The fraction of sp³-hybridized carbons (Fsp3) is 0.160. The van der Waals surface area contributed by atoms with Crippen molar-refractivity contribution in [3.05, 3.63) is 98.3 Å². The molecule has 0 amide bonds. The van der Waals surface area contributed by atoms with Gasteiger partial charge in [-0.1, -0.05) is 47.5 Å². The molecular weight excluding hydrogens is 447 g/mol. The Hall–Kier alpha value is -3.70. The SMILES string of the molecule is Cc1cc(C)cc(-c2cc(C(F)(F)F)c(C#N)c(=O)n2Cc2csc(-c3ccccc3)n2)c1. The van der Waals surface area contributed by atoms with Gasteiger partial charge < -0.3 is 4.57 Å². The summed E-state index contributed by atoms with van der Waals surface area (Å²) in [7, 11) is 0. The molecule has 4 nitrogen and oxygen atoms in total. The number of hydrogen-bond acceptors (Lipinski definition) is 4. The van der Waals surface area contributed by atoms with Crippen LogP contribution in [-0.4, -0.2) is 9.55 Å². The van der Waals surface area contributed by atoms with Crippen molar-refractivity contribution in [1.29, 1.82) is 5.26 Å². The highest BCUT2D eigenvalue weighted by Crippen LogP contribution is 2.34. The Labute approximate surface area is 192 Å².